The molecule has 1 saturated heterocycles. The van der Waals surface area contributed by atoms with Gasteiger partial charge in [-0.1, -0.05) is 48.9 Å². The van der Waals surface area contributed by atoms with Crippen LogP contribution in [0.2, 0.25) is 0 Å². The maximum Gasteiger partial charge on any atom is 0.136 e. The highest BCUT2D eigenvalue weighted by Gasteiger charge is 2.33. The van der Waals surface area contributed by atoms with Crippen LogP contribution in [0.1, 0.15) is 31.9 Å². The van der Waals surface area contributed by atoms with Crippen LogP contribution >= 0.6 is 0 Å². The van der Waals surface area contributed by atoms with Crippen molar-refractivity contribution in [2.45, 2.75) is 31.8 Å². The number of fused-ring (bicyclic) bond motifs is 1. The lowest BCUT2D eigenvalue weighted by atomic mass is 9.86. The molecule has 0 spiro atoms. The SMILES string of the molecule is CCN1CCN(c2nc(C3(OC)C=CC(CCCO)=CC3)cc3ccccc23)CC1. The number of pyridine rings is 1. The highest BCUT2D eigenvalue weighted by atomic mass is 16.5. The minimum absolute atomic E-state index is 0.224. The first kappa shape index (κ1) is 21.0. The number of aliphatic hydroxyl groups is 1. The van der Waals surface area contributed by atoms with Gasteiger partial charge in [0.05, 0.1) is 5.69 Å². The van der Waals surface area contributed by atoms with Gasteiger partial charge in [0.1, 0.15) is 11.4 Å². The van der Waals surface area contributed by atoms with Gasteiger partial charge >= 0.3 is 0 Å². The standard InChI is InChI=1S/C25H33N3O2/c1-3-27-14-16-28(17-15-27)24-22-9-5-4-8-21(22)19-23(26-24)25(30-2)12-10-20(11-13-25)7-6-18-29/h4-5,8-12,19,29H,3,6-7,13-18H2,1-2H3. The molecule has 0 radical (unpaired) electrons. The maximum atomic E-state index is 9.12. The third-order valence-corrected chi connectivity index (χ3v) is 6.49. The molecule has 2 heterocycles. The second-order valence-corrected chi connectivity index (χ2v) is 8.21. The third kappa shape index (κ3) is 4.15. The predicted octanol–water partition coefficient (Wildman–Crippen LogP) is 3.88. The van der Waals surface area contributed by atoms with Gasteiger partial charge in [-0.25, -0.2) is 4.98 Å². The Morgan fingerprint density at radius 2 is 1.97 bits per heavy atom. The van der Waals surface area contributed by atoms with E-state index in [0.717, 1.165) is 63.5 Å². The fraction of sp³-hybridized carbons (Fsp3) is 0.480. The number of piperazine rings is 1. The molecule has 1 unspecified atom stereocenters. The number of anilines is 1. The minimum Gasteiger partial charge on any atom is -0.396 e. The molecule has 5 heteroatoms. The molecule has 2 aliphatic rings. The van der Waals surface area contributed by atoms with E-state index < -0.39 is 5.60 Å². The average molecular weight is 408 g/mol. The van der Waals surface area contributed by atoms with Crippen LogP contribution in [0.3, 0.4) is 0 Å². The van der Waals surface area contributed by atoms with Gasteiger partial charge in [-0.15, -0.1) is 0 Å². The van der Waals surface area contributed by atoms with E-state index in [2.05, 4.69) is 65.3 Å². The van der Waals surface area contributed by atoms with Crippen molar-refractivity contribution in [3.8, 4) is 0 Å². The first-order chi connectivity index (χ1) is 14.7. The van der Waals surface area contributed by atoms with E-state index in [4.69, 9.17) is 14.8 Å². The zero-order valence-electron chi connectivity index (χ0n) is 18.2. The first-order valence-electron chi connectivity index (χ1n) is 11.1. The van der Waals surface area contributed by atoms with Crippen LogP contribution in [0, 0.1) is 0 Å². The molecule has 30 heavy (non-hydrogen) atoms. The number of allylic oxidation sites excluding steroid dienone is 2. The van der Waals surface area contributed by atoms with Crippen molar-refractivity contribution < 1.29 is 9.84 Å². The Kier molecular flexibility index (Phi) is 6.52. The summed E-state index contributed by atoms with van der Waals surface area (Å²) in [5.41, 5.74) is 1.67. The van der Waals surface area contributed by atoms with Gasteiger partial charge in [0.15, 0.2) is 0 Å². The summed E-state index contributed by atoms with van der Waals surface area (Å²) in [5.74, 6) is 1.07. The molecule has 0 bridgehead atoms. The van der Waals surface area contributed by atoms with Crippen LogP contribution in [0.5, 0.6) is 0 Å². The van der Waals surface area contributed by atoms with Crippen molar-refractivity contribution in [2.24, 2.45) is 0 Å². The number of methoxy groups -OCH3 is 1. The fourth-order valence-electron chi connectivity index (χ4n) is 4.49. The Balaban J connectivity index is 1.70. The van der Waals surface area contributed by atoms with Crippen LogP contribution < -0.4 is 4.90 Å². The lowest BCUT2D eigenvalue weighted by Gasteiger charge is -2.37. The van der Waals surface area contributed by atoms with Gasteiger partial charge in [-0.2, -0.15) is 0 Å². The second-order valence-electron chi connectivity index (χ2n) is 8.21. The molecule has 5 nitrogen and oxygen atoms in total. The number of benzene rings is 1. The van der Waals surface area contributed by atoms with Crippen molar-refractivity contribution in [3.63, 3.8) is 0 Å². The number of likely N-dealkylation sites (N-methyl/N-ethyl adjacent to an activating group) is 1. The molecule has 1 aliphatic carbocycles. The van der Waals surface area contributed by atoms with Crippen LogP contribution in [-0.4, -0.2) is 61.4 Å². The van der Waals surface area contributed by atoms with E-state index in [-0.39, 0.29) is 6.61 Å². The summed E-state index contributed by atoms with van der Waals surface area (Å²) in [6, 6.07) is 10.7. The van der Waals surface area contributed by atoms with E-state index >= 15 is 0 Å². The predicted molar refractivity (Wildman–Crippen MR) is 123 cm³/mol. The number of rotatable bonds is 7. The summed E-state index contributed by atoms with van der Waals surface area (Å²) in [6.07, 6.45) is 8.96. The van der Waals surface area contributed by atoms with Gasteiger partial charge in [-0.05, 0) is 36.9 Å². The molecule has 1 N–H and O–H groups in total. The average Bonchev–Trinajstić information content (AvgIpc) is 2.82. The smallest absolute Gasteiger partial charge is 0.136 e. The molecule has 1 aromatic heterocycles. The quantitative estimate of drug-likeness (QED) is 0.755. The molecule has 0 amide bonds. The van der Waals surface area contributed by atoms with Crippen molar-refractivity contribution in [2.75, 3.05) is 51.3 Å². The Hall–Kier alpha value is -2.21. The monoisotopic (exact) mass is 407 g/mol. The highest BCUT2D eigenvalue weighted by Crippen LogP contribution is 2.38. The van der Waals surface area contributed by atoms with Gasteiger partial charge < -0.3 is 19.6 Å². The van der Waals surface area contributed by atoms with E-state index in [1.165, 1.54) is 16.3 Å². The normalized spacial score (nSPS) is 22.5. The van der Waals surface area contributed by atoms with Crippen LogP contribution in [-0.2, 0) is 10.3 Å². The zero-order valence-corrected chi connectivity index (χ0v) is 18.2. The number of aliphatic hydroxyl groups excluding tert-OH is 1. The molecular weight excluding hydrogens is 374 g/mol. The maximum absolute atomic E-state index is 9.12. The van der Waals surface area contributed by atoms with Gasteiger partial charge in [0.2, 0.25) is 0 Å². The summed E-state index contributed by atoms with van der Waals surface area (Å²) in [4.78, 5) is 10.1. The van der Waals surface area contributed by atoms with Gasteiger partial charge in [0.25, 0.3) is 0 Å². The lowest BCUT2D eigenvalue weighted by Crippen LogP contribution is -2.46. The first-order valence-corrected chi connectivity index (χ1v) is 11.1. The number of nitrogens with zero attached hydrogens (tertiary/aromatic N) is 3. The van der Waals surface area contributed by atoms with Crippen molar-refractivity contribution in [1.29, 1.82) is 0 Å². The van der Waals surface area contributed by atoms with E-state index in [1.54, 1.807) is 7.11 Å². The fourth-order valence-corrected chi connectivity index (χ4v) is 4.49. The number of hydrogen-bond acceptors (Lipinski definition) is 5. The summed E-state index contributed by atoms with van der Waals surface area (Å²) in [6.45, 7) is 7.69. The largest absolute Gasteiger partial charge is 0.396 e. The van der Waals surface area contributed by atoms with E-state index in [9.17, 15) is 0 Å². The molecule has 4 rings (SSSR count). The number of ether oxygens (including phenoxy) is 1. The molecule has 0 saturated carbocycles. The molecule has 1 aliphatic heterocycles. The lowest BCUT2D eigenvalue weighted by molar-refractivity contribution is 0.0268. The number of hydrogen-bond donors (Lipinski definition) is 1. The summed E-state index contributed by atoms with van der Waals surface area (Å²) < 4.78 is 6.07. The topological polar surface area (TPSA) is 48.8 Å². The van der Waals surface area contributed by atoms with Crippen LogP contribution in [0.4, 0.5) is 5.82 Å². The number of aromatic nitrogens is 1. The molecule has 1 fully saturated rings. The van der Waals surface area contributed by atoms with Crippen molar-refractivity contribution in [3.05, 3.63) is 59.8 Å². The molecule has 1 atom stereocenters. The second kappa shape index (κ2) is 9.29. The molecule has 1 aromatic carbocycles. The Morgan fingerprint density at radius 3 is 2.63 bits per heavy atom. The summed E-state index contributed by atoms with van der Waals surface area (Å²) >= 11 is 0. The van der Waals surface area contributed by atoms with Crippen LogP contribution in [0.25, 0.3) is 10.8 Å². The Bertz CT molecular complexity index is 931. The van der Waals surface area contributed by atoms with E-state index in [1.807, 2.05) is 0 Å². The van der Waals surface area contributed by atoms with Gasteiger partial charge in [0, 0.05) is 51.7 Å². The third-order valence-electron chi connectivity index (χ3n) is 6.49. The molecule has 2 aromatic rings. The minimum atomic E-state index is -0.549. The zero-order chi connectivity index (χ0) is 21.0. The Morgan fingerprint density at radius 1 is 1.17 bits per heavy atom. The van der Waals surface area contributed by atoms with Crippen molar-refractivity contribution >= 4 is 16.6 Å². The van der Waals surface area contributed by atoms with Crippen molar-refractivity contribution in [1.82, 2.24) is 9.88 Å². The molecular formula is C25H33N3O2. The molecule has 160 valence electrons. The highest BCUT2D eigenvalue weighted by molar-refractivity contribution is 5.92. The van der Waals surface area contributed by atoms with Gasteiger partial charge in [-0.3, -0.25) is 0 Å². The Labute approximate surface area is 179 Å². The summed E-state index contributed by atoms with van der Waals surface area (Å²) in [7, 11) is 1.77. The van der Waals surface area contributed by atoms with E-state index in [0.29, 0.717) is 0 Å². The van der Waals surface area contributed by atoms with Crippen LogP contribution in [0.15, 0.2) is 54.1 Å². The summed E-state index contributed by atoms with van der Waals surface area (Å²) in [5, 5.41) is 11.5.